The predicted octanol–water partition coefficient (Wildman–Crippen LogP) is 4.24. The monoisotopic (exact) mass is 510 g/mol. The van der Waals surface area contributed by atoms with Crippen LogP contribution in [0.25, 0.3) is 11.0 Å². The van der Waals surface area contributed by atoms with E-state index >= 15 is 0 Å². The predicted molar refractivity (Wildman–Crippen MR) is 116 cm³/mol. The third-order valence-electron chi connectivity index (χ3n) is 4.90. The molecule has 0 atom stereocenters. The van der Waals surface area contributed by atoms with E-state index in [2.05, 4.69) is 9.93 Å². The molecule has 1 aliphatic carbocycles. The van der Waals surface area contributed by atoms with Crippen LogP contribution in [0.3, 0.4) is 0 Å². The number of phenols is 1. The highest BCUT2D eigenvalue weighted by Crippen LogP contribution is 2.39. The van der Waals surface area contributed by atoms with Crippen molar-refractivity contribution in [3.63, 3.8) is 0 Å². The van der Waals surface area contributed by atoms with E-state index in [0.717, 1.165) is 48.0 Å². The Morgan fingerprint density at radius 3 is 2.68 bits per heavy atom. The number of phenolic OH excluding ortho intramolecular Hbond substituents is 1. The van der Waals surface area contributed by atoms with Crippen molar-refractivity contribution in [2.24, 2.45) is 5.10 Å². The van der Waals surface area contributed by atoms with Gasteiger partial charge in [0.05, 0.1) is 14.7 Å². The van der Waals surface area contributed by atoms with Gasteiger partial charge < -0.3 is 9.52 Å². The highest BCUT2D eigenvalue weighted by atomic mass is 127. The summed E-state index contributed by atoms with van der Waals surface area (Å²) < 4.78 is 31.5. The smallest absolute Gasteiger partial charge is 0.276 e. The van der Waals surface area contributed by atoms with Crippen LogP contribution in [0.2, 0.25) is 0 Å². The second-order valence-electron chi connectivity index (χ2n) is 6.87. The Kier molecular flexibility index (Phi) is 5.09. The van der Waals surface area contributed by atoms with Gasteiger partial charge in [0.25, 0.3) is 10.0 Å². The summed E-state index contributed by atoms with van der Waals surface area (Å²) in [7, 11) is -3.78. The first kappa shape index (κ1) is 19.3. The number of sulfonamides is 1. The van der Waals surface area contributed by atoms with E-state index in [1.807, 2.05) is 29.5 Å². The molecule has 3 aromatic rings. The third kappa shape index (κ3) is 3.50. The van der Waals surface area contributed by atoms with Gasteiger partial charge in [-0.3, -0.25) is 0 Å². The lowest BCUT2D eigenvalue weighted by Gasteiger charge is -2.10. The van der Waals surface area contributed by atoms with Gasteiger partial charge in [-0.2, -0.15) is 13.5 Å². The van der Waals surface area contributed by atoms with E-state index in [9.17, 15) is 13.5 Å². The minimum absolute atomic E-state index is 0.0700. The molecule has 0 fully saturated rings. The van der Waals surface area contributed by atoms with Gasteiger partial charge in [-0.05, 0) is 67.0 Å². The molecule has 1 aliphatic rings. The first-order valence-corrected chi connectivity index (χ1v) is 11.5. The third-order valence-corrected chi connectivity index (χ3v) is 6.97. The van der Waals surface area contributed by atoms with E-state index in [-0.39, 0.29) is 10.6 Å². The Bertz CT molecular complexity index is 1180. The van der Waals surface area contributed by atoms with Crippen LogP contribution in [0.1, 0.15) is 35.3 Å². The van der Waals surface area contributed by atoms with E-state index in [1.165, 1.54) is 18.3 Å². The van der Waals surface area contributed by atoms with Crippen LogP contribution in [0.5, 0.6) is 5.75 Å². The molecule has 1 heterocycles. The molecule has 4 rings (SSSR count). The van der Waals surface area contributed by atoms with Gasteiger partial charge in [-0.15, -0.1) is 0 Å². The summed E-state index contributed by atoms with van der Waals surface area (Å²) in [6.07, 6.45) is 5.24. The Labute approximate surface area is 176 Å². The molecule has 0 amide bonds. The number of nitrogens with one attached hydrogen (secondary N) is 1. The SMILES string of the molecule is Cc1ccc(S(=O)(=O)N/N=C\c2c(O)c(I)cc3oc4c(c23)CCCC4)cc1. The summed E-state index contributed by atoms with van der Waals surface area (Å²) in [4.78, 5) is 2.36. The molecular weight excluding hydrogens is 491 g/mol. The van der Waals surface area contributed by atoms with Crippen molar-refractivity contribution in [3.8, 4) is 5.75 Å². The molecule has 8 heteroatoms. The Morgan fingerprint density at radius 1 is 1.21 bits per heavy atom. The van der Waals surface area contributed by atoms with Gasteiger partial charge in [-0.1, -0.05) is 17.7 Å². The molecule has 6 nitrogen and oxygen atoms in total. The van der Waals surface area contributed by atoms with Crippen LogP contribution in [0, 0.1) is 10.5 Å². The normalized spacial score (nSPS) is 14.5. The minimum Gasteiger partial charge on any atom is -0.506 e. The Morgan fingerprint density at radius 2 is 1.93 bits per heavy atom. The quantitative estimate of drug-likeness (QED) is 0.312. The molecule has 0 saturated heterocycles. The fourth-order valence-electron chi connectivity index (χ4n) is 3.47. The zero-order valence-electron chi connectivity index (χ0n) is 15.2. The lowest BCUT2D eigenvalue weighted by Crippen LogP contribution is -2.18. The molecule has 1 aromatic heterocycles. The fraction of sp³-hybridized carbons (Fsp3) is 0.250. The number of hydrogen-bond donors (Lipinski definition) is 2. The van der Waals surface area contributed by atoms with Crippen molar-refractivity contribution >= 4 is 49.8 Å². The molecule has 0 unspecified atom stereocenters. The first-order valence-electron chi connectivity index (χ1n) is 8.94. The largest absolute Gasteiger partial charge is 0.506 e. The van der Waals surface area contributed by atoms with Crippen molar-refractivity contribution in [2.45, 2.75) is 37.5 Å². The molecule has 0 spiro atoms. The maximum atomic E-state index is 12.4. The highest BCUT2D eigenvalue weighted by molar-refractivity contribution is 14.1. The number of benzene rings is 2. The van der Waals surface area contributed by atoms with E-state index in [0.29, 0.717) is 14.7 Å². The van der Waals surface area contributed by atoms with Gasteiger partial charge in [0.2, 0.25) is 0 Å². The average Bonchev–Trinajstić information content (AvgIpc) is 3.03. The van der Waals surface area contributed by atoms with Gasteiger partial charge in [0, 0.05) is 22.9 Å². The number of aromatic hydroxyl groups is 1. The second kappa shape index (κ2) is 7.40. The van der Waals surface area contributed by atoms with Gasteiger partial charge in [0.1, 0.15) is 17.1 Å². The van der Waals surface area contributed by atoms with Gasteiger partial charge >= 0.3 is 0 Å². The van der Waals surface area contributed by atoms with Crippen LogP contribution in [-0.2, 0) is 22.9 Å². The summed E-state index contributed by atoms with van der Waals surface area (Å²) in [5.74, 6) is 1.01. The fourth-order valence-corrected chi connectivity index (χ4v) is 4.84. The Hall–Kier alpha value is -2.07. The second-order valence-corrected chi connectivity index (χ2v) is 9.69. The highest BCUT2D eigenvalue weighted by Gasteiger charge is 2.23. The standard InChI is InChI=1S/C20H19IN2O4S/c1-12-6-8-13(9-7-12)28(25,26)23-22-11-15-19-14-4-2-3-5-17(14)27-18(19)10-16(21)20(15)24/h6-11,23-24H,2-5H2,1H3/b22-11-. The minimum atomic E-state index is -3.78. The molecule has 146 valence electrons. The van der Waals surface area contributed by atoms with Crippen LogP contribution in [-0.4, -0.2) is 19.7 Å². The van der Waals surface area contributed by atoms with Crippen molar-refractivity contribution in [1.82, 2.24) is 4.83 Å². The number of rotatable bonds is 4. The van der Waals surface area contributed by atoms with Crippen molar-refractivity contribution in [3.05, 3.63) is 56.4 Å². The molecule has 2 aromatic carbocycles. The topological polar surface area (TPSA) is 91.9 Å². The zero-order valence-corrected chi connectivity index (χ0v) is 18.2. The van der Waals surface area contributed by atoms with Gasteiger partial charge in [-0.25, -0.2) is 4.83 Å². The van der Waals surface area contributed by atoms with Crippen LogP contribution in [0.15, 0.2) is 44.7 Å². The Balaban J connectivity index is 1.72. The van der Waals surface area contributed by atoms with E-state index in [4.69, 9.17) is 4.42 Å². The molecule has 0 radical (unpaired) electrons. The number of furan rings is 1. The van der Waals surface area contributed by atoms with Crippen molar-refractivity contribution in [2.75, 3.05) is 0 Å². The number of halogens is 1. The molecule has 0 aliphatic heterocycles. The molecule has 0 saturated carbocycles. The van der Waals surface area contributed by atoms with E-state index in [1.54, 1.807) is 18.2 Å². The summed E-state index contributed by atoms with van der Waals surface area (Å²) in [6.45, 7) is 1.89. The van der Waals surface area contributed by atoms with E-state index < -0.39 is 10.0 Å². The zero-order chi connectivity index (χ0) is 19.9. The maximum absolute atomic E-state index is 12.4. The molecule has 0 bridgehead atoms. The summed E-state index contributed by atoms with van der Waals surface area (Å²) in [5.41, 5.74) is 3.21. The molecule has 2 N–H and O–H groups in total. The van der Waals surface area contributed by atoms with Crippen molar-refractivity contribution < 1.29 is 17.9 Å². The summed E-state index contributed by atoms with van der Waals surface area (Å²) in [5, 5.41) is 15.3. The number of hydrogen-bond acceptors (Lipinski definition) is 5. The summed E-state index contributed by atoms with van der Waals surface area (Å²) in [6, 6.07) is 8.31. The van der Waals surface area contributed by atoms with Crippen LogP contribution in [0.4, 0.5) is 0 Å². The number of aryl methyl sites for hydroxylation is 3. The average molecular weight is 510 g/mol. The first-order chi connectivity index (χ1) is 13.4. The van der Waals surface area contributed by atoms with Gasteiger partial charge in [0.15, 0.2) is 0 Å². The van der Waals surface area contributed by atoms with Crippen LogP contribution >= 0.6 is 22.6 Å². The molecule has 28 heavy (non-hydrogen) atoms. The van der Waals surface area contributed by atoms with Crippen LogP contribution < -0.4 is 4.83 Å². The lowest BCUT2D eigenvalue weighted by atomic mass is 9.94. The number of hydrazone groups is 1. The molecular formula is C20H19IN2O4S. The number of nitrogens with zero attached hydrogens (tertiary/aromatic N) is 1. The van der Waals surface area contributed by atoms with Crippen molar-refractivity contribution in [1.29, 1.82) is 0 Å². The number of fused-ring (bicyclic) bond motifs is 3. The summed E-state index contributed by atoms with van der Waals surface area (Å²) >= 11 is 2.03. The lowest BCUT2D eigenvalue weighted by molar-refractivity contribution is 0.470. The maximum Gasteiger partial charge on any atom is 0.276 e.